The van der Waals surface area contributed by atoms with Gasteiger partial charge in [-0.05, 0) is 42.7 Å². The van der Waals surface area contributed by atoms with E-state index in [1.54, 1.807) is 30.6 Å². The van der Waals surface area contributed by atoms with Crippen LogP contribution in [0.15, 0.2) is 42.7 Å². The van der Waals surface area contributed by atoms with Crippen molar-refractivity contribution < 1.29 is 4.79 Å². The summed E-state index contributed by atoms with van der Waals surface area (Å²) in [5.41, 5.74) is 2.20. The first-order valence-electron chi connectivity index (χ1n) is 7.30. The molecule has 1 aromatic carbocycles. The summed E-state index contributed by atoms with van der Waals surface area (Å²) in [6.45, 7) is 4.93. The van der Waals surface area contributed by atoms with Crippen LogP contribution in [-0.4, -0.2) is 17.4 Å². The van der Waals surface area contributed by atoms with Gasteiger partial charge in [-0.1, -0.05) is 25.4 Å². The van der Waals surface area contributed by atoms with Gasteiger partial charge in [0.15, 0.2) is 0 Å². The monoisotopic (exact) mass is 317 g/mol. The predicted octanol–water partition coefficient (Wildman–Crippen LogP) is 4.25. The van der Waals surface area contributed by atoms with Gasteiger partial charge in [0, 0.05) is 23.5 Å². The second-order valence-electron chi connectivity index (χ2n) is 5.53. The predicted molar refractivity (Wildman–Crippen MR) is 90.8 cm³/mol. The van der Waals surface area contributed by atoms with Gasteiger partial charge in [0.25, 0.3) is 5.91 Å². The third kappa shape index (κ3) is 5.04. The number of hydrogen-bond acceptors (Lipinski definition) is 3. The number of amides is 1. The molecule has 0 aliphatic rings. The Hall–Kier alpha value is -2.07. The average molecular weight is 318 g/mol. The lowest BCUT2D eigenvalue weighted by molar-refractivity contribution is 0.0951. The second-order valence-corrected chi connectivity index (χ2v) is 5.97. The average Bonchev–Trinajstić information content (AvgIpc) is 2.49. The summed E-state index contributed by atoms with van der Waals surface area (Å²) < 4.78 is 0. The molecule has 0 aliphatic heterocycles. The summed E-state index contributed by atoms with van der Waals surface area (Å²) in [7, 11) is 0. The summed E-state index contributed by atoms with van der Waals surface area (Å²) >= 11 is 5.86. The van der Waals surface area contributed by atoms with Crippen LogP contribution in [0, 0.1) is 5.92 Å². The number of hydrogen-bond donors (Lipinski definition) is 2. The molecule has 22 heavy (non-hydrogen) atoms. The summed E-state index contributed by atoms with van der Waals surface area (Å²) in [6.07, 6.45) is 4.21. The number of carbonyl (C=O) groups is 1. The van der Waals surface area contributed by atoms with Crippen LogP contribution in [-0.2, 0) is 0 Å². The largest absolute Gasteiger partial charge is 0.354 e. The first-order valence-corrected chi connectivity index (χ1v) is 7.68. The van der Waals surface area contributed by atoms with E-state index >= 15 is 0 Å². The number of nitrogens with one attached hydrogen (secondary N) is 2. The zero-order valence-electron chi connectivity index (χ0n) is 12.8. The van der Waals surface area contributed by atoms with Crippen molar-refractivity contribution in [3.63, 3.8) is 0 Å². The molecule has 0 saturated heterocycles. The molecule has 0 atom stereocenters. The molecule has 0 unspecified atom stereocenters. The molecule has 1 heterocycles. The molecule has 116 valence electrons. The molecule has 4 nitrogen and oxygen atoms in total. The summed E-state index contributed by atoms with van der Waals surface area (Å²) in [5, 5.41) is 6.79. The highest BCUT2D eigenvalue weighted by Gasteiger charge is 2.07. The fourth-order valence-electron chi connectivity index (χ4n) is 1.91. The zero-order chi connectivity index (χ0) is 15.9. The van der Waals surface area contributed by atoms with E-state index in [0.29, 0.717) is 23.0 Å². The minimum atomic E-state index is -0.104. The van der Waals surface area contributed by atoms with E-state index in [9.17, 15) is 4.79 Å². The Morgan fingerprint density at radius 1 is 1.18 bits per heavy atom. The molecular formula is C17H20ClN3O. The fourth-order valence-corrected chi connectivity index (χ4v) is 2.03. The third-order valence-electron chi connectivity index (χ3n) is 3.14. The summed E-state index contributed by atoms with van der Waals surface area (Å²) in [5.74, 6) is 0.462. The molecule has 0 spiro atoms. The van der Waals surface area contributed by atoms with Gasteiger partial charge in [0.05, 0.1) is 17.4 Å². The minimum absolute atomic E-state index is 0.104. The van der Waals surface area contributed by atoms with Crippen LogP contribution in [0.3, 0.4) is 0 Å². The Balaban J connectivity index is 2.00. The van der Waals surface area contributed by atoms with Crippen LogP contribution in [0.5, 0.6) is 0 Å². The number of aromatic nitrogens is 1. The molecule has 1 amide bonds. The number of carbonyl (C=O) groups excluding carboxylic acids is 1. The lowest BCUT2D eigenvalue weighted by Crippen LogP contribution is -2.25. The van der Waals surface area contributed by atoms with Gasteiger partial charge in [-0.15, -0.1) is 0 Å². The Morgan fingerprint density at radius 2 is 1.91 bits per heavy atom. The van der Waals surface area contributed by atoms with Crippen molar-refractivity contribution in [3.8, 4) is 0 Å². The van der Waals surface area contributed by atoms with Gasteiger partial charge in [0.1, 0.15) is 0 Å². The van der Waals surface area contributed by atoms with Gasteiger partial charge in [-0.25, -0.2) is 0 Å². The number of anilines is 2. The second kappa shape index (κ2) is 7.80. The van der Waals surface area contributed by atoms with Crippen LogP contribution in [0.2, 0.25) is 5.02 Å². The van der Waals surface area contributed by atoms with E-state index in [-0.39, 0.29) is 5.91 Å². The quantitative estimate of drug-likeness (QED) is 0.837. The third-order valence-corrected chi connectivity index (χ3v) is 3.39. The van der Waals surface area contributed by atoms with E-state index in [1.165, 1.54) is 0 Å². The van der Waals surface area contributed by atoms with Crippen molar-refractivity contribution in [3.05, 3.63) is 53.3 Å². The highest BCUT2D eigenvalue weighted by molar-refractivity contribution is 6.30. The summed E-state index contributed by atoms with van der Waals surface area (Å²) in [6, 6.07) is 9.14. The number of pyridine rings is 1. The molecule has 5 heteroatoms. The zero-order valence-corrected chi connectivity index (χ0v) is 13.5. The molecule has 0 radical (unpaired) electrons. The van der Waals surface area contributed by atoms with Crippen molar-refractivity contribution >= 4 is 28.9 Å². The van der Waals surface area contributed by atoms with Crippen LogP contribution in [0.4, 0.5) is 11.4 Å². The standard InChI is InChI=1S/C17H20ClN3O/c1-12(2)7-8-20-17(22)13-9-16(11-19-10-13)21-15-5-3-14(18)4-6-15/h3-6,9-12,21H,7-8H2,1-2H3,(H,20,22). The van der Waals surface area contributed by atoms with Gasteiger partial charge < -0.3 is 10.6 Å². The van der Waals surface area contributed by atoms with Crippen molar-refractivity contribution in [2.75, 3.05) is 11.9 Å². The van der Waals surface area contributed by atoms with Gasteiger partial charge in [0.2, 0.25) is 0 Å². The van der Waals surface area contributed by atoms with Crippen LogP contribution in [0.1, 0.15) is 30.6 Å². The fraction of sp³-hybridized carbons (Fsp3) is 0.294. The Labute approximate surface area is 135 Å². The highest BCUT2D eigenvalue weighted by atomic mass is 35.5. The SMILES string of the molecule is CC(C)CCNC(=O)c1cncc(Nc2ccc(Cl)cc2)c1. The van der Waals surface area contributed by atoms with Gasteiger partial charge in [-0.3, -0.25) is 9.78 Å². The molecule has 0 aliphatic carbocycles. The van der Waals surface area contributed by atoms with E-state index in [0.717, 1.165) is 17.8 Å². The van der Waals surface area contributed by atoms with E-state index in [4.69, 9.17) is 11.6 Å². The highest BCUT2D eigenvalue weighted by Crippen LogP contribution is 2.19. The molecule has 0 saturated carbocycles. The first-order chi connectivity index (χ1) is 10.5. The van der Waals surface area contributed by atoms with E-state index < -0.39 is 0 Å². The molecule has 2 aromatic rings. The van der Waals surface area contributed by atoms with Crippen LogP contribution >= 0.6 is 11.6 Å². The number of halogens is 1. The molecular weight excluding hydrogens is 298 g/mol. The molecule has 0 fully saturated rings. The van der Waals surface area contributed by atoms with Crippen molar-refractivity contribution in [2.45, 2.75) is 20.3 Å². The van der Waals surface area contributed by atoms with Gasteiger partial charge >= 0.3 is 0 Å². The maximum Gasteiger partial charge on any atom is 0.252 e. The smallest absolute Gasteiger partial charge is 0.252 e. The maximum atomic E-state index is 12.1. The normalized spacial score (nSPS) is 10.5. The topological polar surface area (TPSA) is 54.0 Å². The Morgan fingerprint density at radius 3 is 2.59 bits per heavy atom. The van der Waals surface area contributed by atoms with E-state index in [1.807, 2.05) is 12.1 Å². The minimum Gasteiger partial charge on any atom is -0.354 e. The number of rotatable bonds is 6. The molecule has 2 N–H and O–H groups in total. The maximum absolute atomic E-state index is 12.1. The van der Waals surface area contributed by atoms with Crippen molar-refractivity contribution in [1.29, 1.82) is 0 Å². The molecule has 1 aromatic heterocycles. The molecule has 2 rings (SSSR count). The lowest BCUT2D eigenvalue weighted by Gasteiger charge is -2.09. The Kier molecular flexibility index (Phi) is 5.78. The van der Waals surface area contributed by atoms with Crippen LogP contribution in [0.25, 0.3) is 0 Å². The first kappa shape index (κ1) is 16.3. The van der Waals surface area contributed by atoms with Gasteiger partial charge in [-0.2, -0.15) is 0 Å². The number of benzene rings is 1. The Bertz CT molecular complexity index is 626. The van der Waals surface area contributed by atoms with Crippen LogP contribution < -0.4 is 10.6 Å². The lowest BCUT2D eigenvalue weighted by atomic mass is 10.1. The van der Waals surface area contributed by atoms with Crippen molar-refractivity contribution in [2.24, 2.45) is 5.92 Å². The van der Waals surface area contributed by atoms with Crippen molar-refractivity contribution in [1.82, 2.24) is 10.3 Å². The summed E-state index contributed by atoms with van der Waals surface area (Å²) in [4.78, 5) is 16.2. The molecule has 0 bridgehead atoms. The van der Waals surface area contributed by atoms with E-state index in [2.05, 4.69) is 29.5 Å². The number of nitrogens with zero attached hydrogens (tertiary/aromatic N) is 1.